The van der Waals surface area contributed by atoms with Crippen molar-refractivity contribution < 1.29 is 19.4 Å². The van der Waals surface area contributed by atoms with E-state index in [0.29, 0.717) is 39.0 Å². The number of aromatic hydroxyl groups is 1. The Morgan fingerprint density at radius 3 is 2.48 bits per heavy atom. The molecule has 7 heteroatoms. The molecule has 1 aromatic heterocycles. The second kappa shape index (κ2) is 7.32. The molecule has 0 aliphatic rings. The van der Waals surface area contributed by atoms with Crippen molar-refractivity contribution in [2.45, 2.75) is 13.8 Å². The summed E-state index contributed by atoms with van der Waals surface area (Å²) >= 11 is 6.33. The van der Waals surface area contributed by atoms with Gasteiger partial charge in [-0.1, -0.05) is 11.6 Å². The molecule has 0 spiro atoms. The van der Waals surface area contributed by atoms with E-state index in [1.165, 1.54) is 20.1 Å². The molecule has 0 fully saturated rings. The van der Waals surface area contributed by atoms with Crippen LogP contribution in [-0.4, -0.2) is 30.2 Å². The van der Waals surface area contributed by atoms with Crippen molar-refractivity contribution in [1.29, 1.82) is 0 Å². The average Bonchev–Trinajstić information content (AvgIpc) is 2.61. The summed E-state index contributed by atoms with van der Waals surface area (Å²) in [6.07, 6.45) is 0. The van der Waals surface area contributed by atoms with Crippen LogP contribution < -0.4 is 14.8 Å². The van der Waals surface area contributed by atoms with E-state index in [4.69, 9.17) is 26.1 Å². The lowest BCUT2D eigenvalue weighted by Crippen LogP contribution is -2.07. The largest absolute Gasteiger partial charge is 0.504 e. The normalized spacial score (nSPS) is 10.7. The fourth-order valence-electron chi connectivity index (χ4n) is 3.01. The second-order valence-corrected chi connectivity index (χ2v) is 6.46. The molecule has 27 heavy (non-hydrogen) atoms. The number of nitrogens with zero attached hydrogens (tertiary/aromatic N) is 1. The number of aromatic nitrogens is 1. The molecule has 0 saturated carbocycles. The van der Waals surface area contributed by atoms with E-state index in [1.807, 2.05) is 13.0 Å². The minimum absolute atomic E-state index is 0.0470. The number of anilines is 1. The second-order valence-electron chi connectivity index (χ2n) is 6.05. The molecular weight excluding hydrogens is 368 g/mol. The van der Waals surface area contributed by atoms with Crippen molar-refractivity contribution in [3.63, 3.8) is 0 Å². The first kappa shape index (κ1) is 18.8. The Labute approximate surface area is 161 Å². The van der Waals surface area contributed by atoms with E-state index >= 15 is 0 Å². The highest BCUT2D eigenvalue weighted by atomic mass is 35.5. The third-order valence-corrected chi connectivity index (χ3v) is 4.51. The van der Waals surface area contributed by atoms with Gasteiger partial charge < -0.3 is 19.9 Å². The van der Waals surface area contributed by atoms with Crippen LogP contribution in [0.3, 0.4) is 0 Å². The number of hydrogen-bond donors (Lipinski definition) is 2. The number of ether oxygens (including phenoxy) is 2. The van der Waals surface area contributed by atoms with Gasteiger partial charge in [0, 0.05) is 23.9 Å². The monoisotopic (exact) mass is 386 g/mol. The molecule has 1 heterocycles. The van der Waals surface area contributed by atoms with Gasteiger partial charge in [0.2, 0.25) is 5.91 Å². The van der Waals surface area contributed by atoms with Crippen LogP contribution in [0.25, 0.3) is 22.2 Å². The lowest BCUT2D eigenvalue weighted by atomic mass is 10.0. The molecular formula is C20H19ClN2O4. The van der Waals surface area contributed by atoms with Crippen LogP contribution in [0, 0.1) is 6.92 Å². The summed E-state index contributed by atoms with van der Waals surface area (Å²) in [5.41, 5.74) is 3.36. The molecule has 140 valence electrons. The Balaban J connectivity index is 2.30. The van der Waals surface area contributed by atoms with E-state index in [1.54, 1.807) is 25.3 Å². The quantitative estimate of drug-likeness (QED) is 0.687. The number of hydrogen-bond acceptors (Lipinski definition) is 5. The summed E-state index contributed by atoms with van der Waals surface area (Å²) in [6.45, 7) is 3.37. The Hall–Kier alpha value is -2.99. The number of fused-ring (bicyclic) bond motifs is 1. The molecule has 2 aromatic carbocycles. The van der Waals surface area contributed by atoms with Gasteiger partial charge in [0.1, 0.15) is 11.3 Å². The zero-order valence-corrected chi connectivity index (χ0v) is 16.1. The Morgan fingerprint density at radius 1 is 1.15 bits per heavy atom. The maximum absolute atomic E-state index is 11.5. The Bertz CT molecular complexity index is 1050. The highest BCUT2D eigenvalue weighted by Gasteiger charge is 2.17. The number of benzene rings is 2. The summed E-state index contributed by atoms with van der Waals surface area (Å²) < 4.78 is 10.6. The van der Waals surface area contributed by atoms with Crippen LogP contribution in [0.2, 0.25) is 5.02 Å². The van der Waals surface area contributed by atoms with E-state index in [-0.39, 0.29) is 11.7 Å². The number of amides is 1. The number of phenolic OH excluding ortho intramolecular Hbond substituents is 1. The molecule has 6 nitrogen and oxygen atoms in total. The number of rotatable bonds is 4. The number of pyridine rings is 1. The molecule has 0 bridgehead atoms. The molecule has 2 N–H and O–H groups in total. The maximum atomic E-state index is 11.5. The molecule has 0 aliphatic carbocycles. The number of halogens is 1. The predicted molar refractivity (Wildman–Crippen MR) is 106 cm³/mol. The van der Waals surface area contributed by atoms with Crippen LogP contribution in [0.15, 0.2) is 30.3 Å². The van der Waals surface area contributed by atoms with Crippen LogP contribution in [0.5, 0.6) is 17.2 Å². The Kier molecular flexibility index (Phi) is 5.10. The van der Waals surface area contributed by atoms with Crippen molar-refractivity contribution in [3.05, 3.63) is 40.9 Å². The van der Waals surface area contributed by atoms with Gasteiger partial charge in [-0.3, -0.25) is 4.79 Å². The number of nitrogens with one attached hydrogen (secondary N) is 1. The number of carbonyl (C=O) groups is 1. The average molecular weight is 387 g/mol. The van der Waals surface area contributed by atoms with E-state index in [0.717, 1.165) is 10.9 Å². The smallest absolute Gasteiger partial charge is 0.221 e. The van der Waals surface area contributed by atoms with Crippen LogP contribution in [0.4, 0.5) is 5.69 Å². The summed E-state index contributed by atoms with van der Waals surface area (Å²) in [7, 11) is 3.03. The number of carbonyl (C=O) groups excluding carboxylic acids is 1. The molecule has 0 aliphatic heterocycles. The van der Waals surface area contributed by atoms with Crippen molar-refractivity contribution in [2.24, 2.45) is 0 Å². The maximum Gasteiger partial charge on any atom is 0.221 e. The van der Waals surface area contributed by atoms with E-state index in [9.17, 15) is 9.90 Å². The standard InChI is InChI=1S/C20H19ClN2O4/c1-10-7-15(12-8-18(27-4)16(25)9-13(12)21)23-20-17(26-3)6-5-14(19(10)20)22-11(2)24/h5-9,25H,1-4H3,(H,22,24). The lowest BCUT2D eigenvalue weighted by molar-refractivity contribution is -0.114. The van der Waals surface area contributed by atoms with Crippen molar-refractivity contribution in [2.75, 3.05) is 19.5 Å². The van der Waals surface area contributed by atoms with E-state index in [2.05, 4.69) is 5.32 Å². The number of methoxy groups -OCH3 is 2. The number of aryl methyl sites for hydroxylation is 1. The minimum atomic E-state index is -0.170. The van der Waals surface area contributed by atoms with Crippen molar-refractivity contribution >= 4 is 34.1 Å². The SMILES string of the molecule is COc1cc(-c2cc(C)c3c(NC(C)=O)ccc(OC)c3n2)c(Cl)cc1O. The van der Waals surface area contributed by atoms with Gasteiger partial charge in [-0.05, 0) is 36.8 Å². The van der Waals surface area contributed by atoms with Crippen molar-refractivity contribution in [1.82, 2.24) is 4.98 Å². The molecule has 3 aromatic rings. The molecule has 0 unspecified atom stereocenters. The zero-order valence-electron chi connectivity index (χ0n) is 15.4. The van der Waals surface area contributed by atoms with Gasteiger partial charge in [0.05, 0.1) is 30.6 Å². The third kappa shape index (κ3) is 3.48. The minimum Gasteiger partial charge on any atom is -0.504 e. The molecule has 3 rings (SSSR count). The third-order valence-electron chi connectivity index (χ3n) is 4.20. The van der Waals surface area contributed by atoms with Gasteiger partial charge in [0.15, 0.2) is 11.5 Å². The molecule has 0 radical (unpaired) electrons. The van der Waals surface area contributed by atoms with Gasteiger partial charge in [0.25, 0.3) is 0 Å². The summed E-state index contributed by atoms with van der Waals surface area (Å²) in [5, 5.41) is 13.9. The molecule has 0 atom stereocenters. The van der Waals surface area contributed by atoms with Crippen LogP contribution in [-0.2, 0) is 4.79 Å². The summed E-state index contributed by atoms with van der Waals surface area (Å²) in [4.78, 5) is 16.3. The highest BCUT2D eigenvalue weighted by Crippen LogP contribution is 2.40. The summed E-state index contributed by atoms with van der Waals surface area (Å²) in [6, 6.07) is 8.46. The van der Waals surface area contributed by atoms with Gasteiger partial charge >= 0.3 is 0 Å². The first-order chi connectivity index (χ1) is 12.8. The van der Waals surface area contributed by atoms with E-state index < -0.39 is 0 Å². The fourth-order valence-corrected chi connectivity index (χ4v) is 3.27. The predicted octanol–water partition coefficient (Wildman–Crippen LogP) is 4.54. The van der Waals surface area contributed by atoms with Crippen LogP contribution >= 0.6 is 11.6 Å². The Morgan fingerprint density at radius 2 is 1.85 bits per heavy atom. The van der Waals surface area contributed by atoms with Crippen molar-refractivity contribution in [3.8, 4) is 28.5 Å². The first-order valence-corrected chi connectivity index (χ1v) is 8.56. The molecule has 0 saturated heterocycles. The topological polar surface area (TPSA) is 80.7 Å². The zero-order chi connectivity index (χ0) is 19.7. The van der Waals surface area contributed by atoms with Crippen LogP contribution in [0.1, 0.15) is 12.5 Å². The summed E-state index contributed by atoms with van der Waals surface area (Å²) in [5.74, 6) is 0.657. The van der Waals surface area contributed by atoms with Gasteiger partial charge in [-0.2, -0.15) is 0 Å². The molecule has 1 amide bonds. The van der Waals surface area contributed by atoms with Gasteiger partial charge in [-0.15, -0.1) is 0 Å². The lowest BCUT2D eigenvalue weighted by Gasteiger charge is -2.15. The number of phenols is 1. The van der Waals surface area contributed by atoms with Gasteiger partial charge in [-0.25, -0.2) is 4.98 Å². The fraction of sp³-hybridized carbons (Fsp3) is 0.200. The first-order valence-electron chi connectivity index (χ1n) is 8.18. The highest BCUT2D eigenvalue weighted by molar-refractivity contribution is 6.33.